The molecule has 1 saturated heterocycles. The second kappa shape index (κ2) is 5.35. The summed E-state index contributed by atoms with van der Waals surface area (Å²) in [5.74, 6) is 1.13. The van der Waals surface area contributed by atoms with Crippen molar-refractivity contribution in [3.05, 3.63) is 17.5 Å². The Labute approximate surface area is 115 Å². The number of aromatic nitrogens is 1. The summed E-state index contributed by atoms with van der Waals surface area (Å²) in [7, 11) is 0. The van der Waals surface area contributed by atoms with E-state index in [-0.39, 0.29) is 17.4 Å². The number of nitrogens with zero attached hydrogens (tertiary/aromatic N) is 2. The fourth-order valence-corrected chi connectivity index (χ4v) is 2.60. The Hall–Kier alpha value is -1.32. The molecule has 0 N–H and O–H groups in total. The minimum absolute atomic E-state index is 0.0982. The Bertz CT molecular complexity index is 445. The van der Waals surface area contributed by atoms with E-state index in [1.807, 2.05) is 31.7 Å². The molecule has 0 radical (unpaired) electrons. The van der Waals surface area contributed by atoms with Crippen molar-refractivity contribution < 1.29 is 9.32 Å². The Morgan fingerprint density at radius 2 is 2.26 bits per heavy atom. The van der Waals surface area contributed by atoms with Gasteiger partial charge >= 0.3 is 0 Å². The van der Waals surface area contributed by atoms with Crippen molar-refractivity contribution in [3.63, 3.8) is 0 Å². The van der Waals surface area contributed by atoms with Gasteiger partial charge in [0.2, 0.25) is 5.91 Å². The molecule has 0 aliphatic carbocycles. The van der Waals surface area contributed by atoms with Crippen molar-refractivity contribution >= 4 is 5.91 Å². The first-order chi connectivity index (χ1) is 8.93. The highest BCUT2D eigenvalue weighted by atomic mass is 16.5. The zero-order valence-electron chi connectivity index (χ0n) is 12.4. The molecule has 1 aliphatic rings. The van der Waals surface area contributed by atoms with Crippen molar-refractivity contribution in [1.29, 1.82) is 0 Å². The fourth-order valence-electron chi connectivity index (χ4n) is 2.60. The van der Waals surface area contributed by atoms with Gasteiger partial charge in [0.25, 0.3) is 0 Å². The average Bonchev–Trinajstić information content (AvgIpc) is 2.94. The number of hydrogen-bond acceptors (Lipinski definition) is 3. The molecule has 19 heavy (non-hydrogen) atoms. The van der Waals surface area contributed by atoms with Gasteiger partial charge in [0.05, 0.1) is 6.04 Å². The second-order valence-corrected chi connectivity index (χ2v) is 6.37. The number of carbonyl (C=O) groups is 1. The highest BCUT2D eigenvalue weighted by molar-refractivity contribution is 5.82. The van der Waals surface area contributed by atoms with E-state index in [4.69, 9.17) is 4.52 Å². The zero-order chi connectivity index (χ0) is 14.0. The number of amides is 1. The quantitative estimate of drug-likeness (QED) is 0.841. The van der Waals surface area contributed by atoms with Crippen LogP contribution in [0.4, 0.5) is 0 Å². The zero-order valence-corrected chi connectivity index (χ0v) is 12.4. The van der Waals surface area contributed by atoms with Crippen LogP contribution >= 0.6 is 0 Å². The van der Waals surface area contributed by atoms with E-state index in [1.165, 1.54) is 0 Å². The van der Waals surface area contributed by atoms with Crippen molar-refractivity contribution in [3.8, 4) is 0 Å². The molecule has 1 aliphatic heterocycles. The van der Waals surface area contributed by atoms with E-state index >= 15 is 0 Å². The summed E-state index contributed by atoms with van der Waals surface area (Å²) in [5, 5.41) is 4.16. The molecule has 1 atom stereocenters. The first-order valence-electron chi connectivity index (χ1n) is 7.20. The van der Waals surface area contributed by atoms with Crippen LogP contribution in [0.15, 0.2) is 10.6 Å². The molecule has 0 unspecified atom stereocenters. The van der Waals surface area contributed by atoms with Gasteiger partial charge in [0.15, 0.2) is 0 Å². The Morgan fingerprint density at radius 1 is 1.53 bits per heavy atom. The van der Waals surface area contributed by atoms with Crippen LogP contribution in [0.25, 0.3) is 0 Å². The normalized spacial score (nSPS) is 20.0. The van der Waals surface area contributed by atoms with Crippen LogP contribution in [0.1, 0.15) is 64.5 Å². The Kier molecular flexibility index (Phi) is 3.97. The van der Waals surface area contributed by atoms with Crippen molar-refractivity contribution in [2.24, 2.45) is 5.41 Å². The summed E-state index contributed by atoms with van der Waals surface area (Å²) in [5.41, 5.74) is 0.581. The summed E-state index contributed by atoms with van der Waals surface area (Å²) >= 11 is 0. The molecule has 2 rings (SSSR count). The monoisotopic (exact) mass is 264 g/mol. The standard InChI is InChI=1S/C15H24N2O2/c1-5-7-11-10-12(16-19-11)13-8-6-9-17(13)14(18)15(2,3)4/h10,13H,5-9H2,1-4H3/t13-/m0/s1. The van der Waals surface area contributed by atoms with Gasteiger partial charge < -0.3 is 9.42 Å². The maximum absolute atomic E-state index is 12.5. The molecular formula is C15H24N2O2. The molecule has 4 nitrogen and oxygen atoms in total. The molecular weight excluding hydrogens is 240 g/mol. The van der Waals surface area contributed by atoms with E-state index < -0.39 is 0 Å². The molecule has 1 aromatic rings. The van der Waals surface area contributed by atoms with Gasteiger partial charge in [-0.1, -0.05) is 32.9 Å². The van der Waals surface area contributed by atoms with Crippen LogP contribution in [-0.2, 0) is 11.2 Å². The third-order valence-corrected chi connectivity index (χ3v) is 3.57. The van der Waals surface area contributed by atoms with Gasteiger partial charge in [-0.25, -0.2) is 0 Å². The Balaban J connectivity index is 2.16. The molecule has 1 amide bonds. The molecule has 0 bridgehead atoms. The van der Waals surface area contributed by atoms with Crippen LogP contribution in [-0.4, -0.2) is 22.5 Å². The minimum Gasteiger partial charge on any atom is -0.361 e. The van der Waals surface area contributed by atoms with Crippen molar-refractivity contribution in [2.75, 3.05) is 6.54 Å². The van der Waals surface area contributed by atoms with E-state index in [2.05, 4.69) is 12.1 Å². The first kappa shape index (κ1) is 14.1. The highest BCUT2D eigenvalue weighted by Gasteiger charge is 2.37. The summed E-state index contributed by atoms with van der Waals surface area (Å²) in [6, 6.07) is 2.11. The molecule has 0 spiro atoms. The lowest BCUT2D eigenvalue weighted by Crippen LogP contribution is -2.39. The van der Waals surface area contributed by atoms with Gasteiger partial charge in [0, 0.05) is 24.4 Å². The molecule has 1 aromatic heterocycles. The van der Waals surface area contributed by atoms with Crippen LogP contribution < -0.4 is 0 Å². The fraction of sp³-hybridized carbons (Fsp3) is 0.733. The largest absolute Gasteiger partial charge is 0.361 e. The lowest BCUT2D eigenvalue weighted by Gasteiger charge is -2.29. The van der Waals surface area contributed by atoms with E-state index in [0.29, 0.717) is 0 Å². The molecule has 106 valence electrons. The number of aryl methyl sites for hydroxylation is 1. The summed E-state index contributed by atoms with van der Waals surface area (Å²) in [4.78, 5) is 14.4. The third kappa shape index (κ3) is 2.99. The van der Waals surface area contributed by atoms with E-state index in [0.717, 1.165) is 43.7 Å². The second-order valence-electron chi connectivity index (χ2n) is 6.37. The molecule has 4 heteroatoms. The first-order valence-corrected chi connectivity index (χ1v) is 7.20. The van der Waals surface area contributed by atoms with Gasteiger partial charge in [0.1, 0.15) is 11.5 Å². The van der Waals surface area contributed by atoms with Crippen LogP contribution in [0.5, 0.6) is 0 Å². The maximum atomic E-state index is 12.5. The van der Waals surface area contributed by atoms with Gasteiger partial charge in [-0.05, 0) is 19.3 Å². The average molecular weight is 264 g/mol. The SMILES string of the molecule is CCCc1cc([C@@H]2CCCN2C(=O)C(C)(C)C)no1. The van der Waals surface area contributed by atoms with Crippen molar-refractivity contribution in [2.45, 2.75) is 59.4 Å². The number of likely N-dealkylation sites (tertiary alicyclic amines) is 1. The highest BCUT2D eigenvalue weighted by Crippen LogP contribution is 2.35. The van der Waals surface area contributed by atoms with Crippen molar-refractivity contribution in [1.82, 2.24) is 10.1 Å². The van der Waals surface area contributed by atoms with Crippen LogP contribution in [0.3, 0.4) is 0 Å². The van der Waals surface area contributed by atoms with Crippen LogP contribution in [0.2, 0.25) is 0 Å². The molecule has 0 aromatic carbocycles. The lowest BCUT2D eigenvalue weighted by molar-refractivity contribution is -0.140. The predicted molar refractivity (Wildman–Crippen MR) is 73.6 cm³/mol. The molecule has 2 heterocycles. The summed E-state index contributed by atoms with van der Waals surface area (Å²) < 4.78 is 5.34. The topological polar surface area (TPSA) is 46.3 Å². The Morgan fingerprint density at radius 3 is 2.89 bits per heavy atom. The van der Waals surface area contributed by atoms with Gasteiger partial charge in [-0.15, -0.1) is 0 Å². The maximum Gasteiger partial charge on any atom is 0.228 e. The summed E-state index contributed by atoms with van der Waals surface area (Å²) in [6.07, 6.45) is 3.99. The smallest absolute Gasteiger partial charge is 0.228 e. The number of rotatable bonds is 3. The van der Waals surface area contributed by atoms with E-state index in [9.17, 15) is 4.79 Å². The third-order valence-electron chi connectivity index (χ3n) is 3.57. The van der Waals surface area contributed by atoms with Crippen LogP contribution in [0, 0.1) is 5.41 Å². The predicted octanol–water partition coefficient (Wildman–Crippen LogP) is 3.34. The number of carbonyl (C=O) groups excluding carboxylic acids is 1. The molecule has 1 fully saturated rings. The summed E-state index contributed by atoms with van der Waals surface area (Å²) in [6.45, 7) is 8.85. The van der Waals surface area contributed by atoms with E-state index in [1.54, 1.807) is 0 Å². The lowest BCUT2D eigenvalue weighted by atomic mass is 9.94. The molecule has 0 saturated carbocycles. The minimum atomic E-state index is -0.335. The van der Waals surface area contributed by atoms with Gasteiger partial charge in [-0.2, -0.15) is 0 Å². The number of hydrogen-bond donors (Lipinski definition) is 0. The van der Waals surface area contributed by atoms with Gasteiger partial charge in [-0.3, -0.25) is 4.79 Å².